The number of aliphatic hydroxyl groups excluding tert-OH is 1. The monoisotopic (exact) mass is 284 g/mol. The first-order chi connectivity index (χ1) is 10.2. The fourth-order valence-electron chi connectivity index (χ4n) is 2.51. The van der Waals surface area contributed by atoms with E-state index in [-0.39, 0.29) is 12.0 Å². The number of likely N-dealkylation sites (tertiary alicyclic amines) is 1. The Bertz CT molecular complexity index is 669. The molecule has 2 N–H and O–H groups in total. The van der Waals surface area contributed by atoms with E-state index in [2.05, 4.69) is 15.2 Å². The normalized spacial score (nSPS) is 18.6. The van der Waals surface area contributed by atoms with Gasteiger partial charge in [-0.05, 0) is 25.0 Å². The number of H-pyrrole nitrogens is 1. The molecule has 2 heterocycles. The number of nitrogens with one attached hydrogen (secondary N) is 1. The van der Waals surface area contributed by atoms with Gasteiger partial charge in [-0.3, -0.25) is 9.89 Å². The van der Waals surface area contributed by atoms with Gasteiger partial charge < -0.3 is 10.0 Å². The van der Waals surface area contributed by atoms with Gasteiger partial charge in [0.05, 0.1) is 6.10 Å². The third-order valence-electron chi connectivity index (χ3n) is 4.01. The summed E-state index contributed by atoms with van der Waals surface area (Å²) in [5.74, 6) is 2.14. The van der Waals surface area contributed by atoms with E-state index in [0.717, 1.165) is 11.4 Å². The number of aromatic nitrogens is 3. The van der Waals surface area contributed by atoms with Crippen LogP contribution in [0.4, 0.5) is 0 Å². The Morgan fingerprint density at radius 2 is 1.95 bits per heavy atom. The van der Waals surface area contributed by atoms with Crippen LogP contribution < -0.4 is 0 Å². The molecular formula is C15H16N4O2. The molecule has 1 amide bonds. The molecule has 6 nitrogen and oxygen atoms in total. The molecule has 6 heteroatoms. The van der Waals surface area contributed by atoms with Gasteiger partial charge in [-0.25, -0.2) is 4.98 Å². The second kappa shape index (κ2) is 4.66. The molecule has 21 heavy (non-hydrogen) atoms. The summed E-state index contributed by atoms with van der Waals surface area (Å²) in [4.78, 5) is 18.2. The molecule has 1 aliphatic heterocycles. The standard InChI is InChI=1S/C15H16N4O2/c20-12-7-19(8-12)15(21)11-5-3-10(4-6-11)14-16-13(17-18-14)9-1-2-9/h3-6,9,12,20H,1-2,7-8H2,(H,16,17,18). The fraction of sp³-hybridized carbons (Fsp3) is 0.400. The van der Waals surface area contributed by atoms with Crippen molar-refractivity contribution in [3.63, 3.8) is 0 Å². The van der Waals surface area contributed by atoms with Crippen molar-refractivity contribution in [3.05, 3.63) is 35.7 Å². The van der Waals surface area contributed by atoms with E-state index >= 15 is 0 Å². The lowest BCUT2D eigenvalue weighted by Crippen LogP contribution is -2.53. The zero-order chi connectivity index (χ0) is 14.4. The van der Waals surface area contributed by atoms with Crippen LogP contribution in [0.25, 0.3) is 11.4 Å². The number of aromatic amines is 1. The van der Waals surface area contributed by atoms with Gasteiger partial charge in [-0.1, -0.05) is 12.1 Å². The van der Waals surface area contributed by atoms with Crippen LogP contribution in [0, 0.1) is 0 Å². The van der Waals surface area contributed by atoms with E-state index in [9.17, 15) is 9.90 Å². The van der Waals surface area contributed by atoms with Crippen molar-refractivity contribution in [3.8, 4) is 11.4 Å². The van der Waals surface area contributed by atoms with Crippen molar-refractivity contribution in [1.29, 1.82) is 0 Å². The summed E-state index contributed by atoms with van der Waals surface area (Å²) in [7, 11) is 0. The summed E-state index contributed by atoms with van der Waals surface area (Å²) in [5.41, 5.74) is 1.53. The third-order valence-corrected chi connectivity index (χ3v) is 4.01. The molecule has 108 valence electrons. The topological polar surface area (TPSA) is 82.1 Å². The highest BCUT2D eigenvalue weighted by molar-refractivity contribution is 5.95. The van der Waals surface area contributed by atoms with E-state index in [1.54, 1.807) is 17.0 Å². The van der Waals surface area contributed by atoms with Crippen LogP contribution in [0.3, 0.4) is 0 Å². The summed E-state index contributed by atoms with van der Waals surface area (Å²) in [6, 6.07) is 7.30. The molecule has 0 unspecified atom stereocenters. The average Bonchev–Trinajstić information content (AvgIpc) is 3.21. The van der Waals surface area contributed by atoms with Crippen molar-refractivity contribution in [2.75, 3.05) is 13.1 Å². The van der Waals surface area contributed by atoms with Gasteiger partial charge >= 0.3 is 0 Å². The highest BCUT2D eigenvalue weighted by Crippen LogP contribution is 2.38. The maximum atomic E-state index is 12.1. The second-order valence-corrected chi connectivity index (χ2v) is 5.76. The minimum atomic E-state index is -0.373. The lowest BCUT2D eigenvalue weighted by atomic mass is 10.1. The largest absolute Gasteiger partial charge is 0.389 e. The average molecular weight is 284 g/mol. The number of carbonyl (C=O) groups excluding carboxylic acids is 1. The number of β-amino-alcohol motifs (C(OH)–C–C–N with tert-alkyl or cyclic N) is 1. The van der Waals surface area contributed by atoms with Crippen molar-refractivity contribution >= 4 is 5.91 Å². The highest BCUT2D eigenvalue weighted by atomic mass is 16.3. The molecule has 0 spiro atoms. The number of benzene rings is 1. The summed E-state index contributed by atoms with van der Waals surface area (Å²) < 4.78 is 0. The number of carbonyl (C=O) groups is 1. The van der Waals surface area contributed by atoms with E-state index in [4.69, 9.17) is 0 Å². The zero-order valence-corrected chi connectivity index (χ0v) is 11.5. The molecule has 2 fully saturated rings. The van der Waals surface area contributed by atoms with Crippen LogP contribution in [0.5, 0.6) is 0 Å². The van der Waals surface area contributed by atoms with Crippen LogP contribution in [-0.4, -0.2) is 50.3 Å². The van der Waals surface area contributed by atoms with Gasteiger partial charge in [0.1, 0.15) is 5.82 Å². The number of hydrogen-bond acceptors (Lipinski definition) is 4. The Balaban J connectivity index is 1.51. The smallest absolute Gasteiger partial charge is 0.254 e. The molecule has 0 atom stereocenters. The minimum Gasteiger partial charge on any atom is -0.389 e. The Hall–Kier alpha value is -2.21. The van der Waals surface area contributed by atoms with Crippen LogP contribution in [0.1, 0.15) is 34.9 Å². The molecule has 4 rings (SSSR count). The Labute approximate surface area is 121 Å². The number of rotatable bonds is 3. The first-order valence-electron chi connectivity index (χ1n) is 7.21. The first kappa shape index (κ1) is 12.5. The summed E-state index contributed by atoms with van der Waals surface area (Å²) in [5, 5.41) is 16.5. The van der Waals surface area contributed by atoms with E-state index < -0.39 is 0 Å². The predicted molar refractivity (Wildman–Crippen MR) is 75.7 cm³/mol. The SMILES string of the molecule is O=C(c1ccc(-c2n[nH]c(C3CC3)n2)cc1)N1CC(O)C1. The van der Waals surface area contributed by atoms with Crippen LogP contribution >= 0.6 is 0 Å². The highest BCUT2D eigenvalue weighted by Gasteiger charge is 2.29. The molecule has 2 aliphatic rings. The van der Waals surface area contributed by atoms with Crippen molar-refractivity contribution < 1.29 is 9.90 Å². The first-order valence-corrected chi connectivity index (χ1v) is 7.21. The Kier molecular flexibility index (Phi) is 2.78. The van der Waals surface area contributed by atoms with Gasteiger partial charge in [0, 0.05) is 30.1 Å². The maximum absolute atomic E-state index is 12.1. The van der Waals surface area contributed by atoms with Gasteiger partial charge in [0.15, 0.2) is 5.82 Å². The molecule has 2 aromatic rings. The van der Waals surface area contributed by atoms with Crippen molar-refractivity contribution in [2.24, 2.45) is 0 Å². The Morgan fingerprint density at radius 1 is 1.24 bits per heavy atom. The zero-order valence-electron chi connectivity index (χ0n) is 11.5. The molecule has 0 radical (unpaired) electrons. The van der Waals surface area contributed by atoms with E-state index in [0.29, 0.717) is 30.4 Å². The maximum Gasteiger partial charge on any atom is 0.254 e. The fourth-order valence-corrected chi connectivity index (χ4v) is 2.51. The second-order valence-electron chi connectivity index (χ2n) is 5.76. The number of hydrogen-bond donors (Lipinski definition) is 2. The van der Waals surface area contributed by atoms with Gasteiger partial charge in [0.2, 0.25) is 0 Å². The van der Waals surface area contributed by atoms with Crippen LogP contribution in [-0.2, 0) is 0 Å². The van der Waals surface area contributed by atoms with Crippen molar-refractivity contribution in [1.82, 2.24) is 20.1 Å². The lowest BCUT2D eigenvalue weighted by molar-refractivity contribution is 0.00590. The summed E-state index contributed by atoms with van der Waals surface area (Å²) >= 11 is 0. The van der Waals surface area contributed by atoms with E-state index in [1.165, 1.54) is 12.8 Å². The minimum absolute atomic E-state index is 0.0412. The van der Waals surface area contributed by atoms with Crippen LogP contribution in [0.15, 0.2) is 24.3 Å². The third kappa shape index (κ3) is 2.31. The van der Waals surface area contributed by atoms with Crippen molar-refractivity contribution in [2.45, 2.75) is 24.9 Å². The number of aliphatic hydroxyl groups is 1. The molecule has 1 saturated carbocycles. The molecule has 1 aromatic carbocycles. The summed E-state index contributed by atoms with van der Waals surface area (Å²) in [6.45, 7) is 0.846. The van der Waals surface area contributed by atoms with Gasteiger partial charge in [-0.15, -0.1) is 0 Å². The van der Waals surface area contributed by atoms with E-state index in [1.807, 2.05) is 12.1 Å². The predicted octanol–water partition coefficient (Wildman–Crippen LogP) is 1.17. The van der Waals surface area contributed by atoms with Gasteiger partial charge in [0.25, 0.3) is 5.91 Å². The molecule has 1 aromatic heterocycles. The quantitative estimate of drug-likeness (QED) is 0.886. The van der Waals surface area contributed by atoms with Gasteiger partial charge in [-0.2, -0.15) is 5.10 Å². The molecule has 1 aliphatic carbocycles. The number of nitrogens with zero attached hydrogens (tertiary/aromatic N) is 3. The lowest BCUT2D eigenvalue weighted by Gasteiger charge is -2.35. The molecule has 1 saturated heterocycles. The molecular weight excluding hydrogens is 268 g/mol. The molecule has 0 bridgehead atoms. The summed E-state index contributed by atoms with van der Waals surface area (Å²) in [6.07, 6.45) is 2.00. The van der Waals surface area contributed by atoms with Crippen LogP contribution in [0.2, 0.25) is 0 Å². The Morgan fingerprint density at radius 3 is 2.57 bits per heavy atom. The number of amides is 1.